The molecule has 26 heavy (non-hydrogen) atoms. The Kier molecular flexibility index (Phi) is 5.91. The van der Waals surface area contributed by atoms with E-state index in [1.807, 2.05) is 24.3 Å². The summed E-state index contributed by atoms with van der Waals surface area (Å²) in [5.74, 6) is 0.939. The maximum absolute atomic E-state index is 11.1. The summed E-state index contributed by atoms with van der Waals surface area (Å²) in [7, 11) is -3.77. The number of benzene rings is 1. The summed E-state index contributed by atoms with van der Waals surface area (Å²) >= 11 is 0. The van der Waals surface area contributed by atoms with Crippen LogP contribution in [0.4, 0.5) is 0 Å². The standard InChI is InChI=1S/C19H29NO5S/c1-19(2,3)20-10-8-18(9-11-20)25-17-6-4-15(5-7-17)12-16-13-23-26(21,22)24-14-16/h4-7,16,18H,8-14H2,1-3H3. The molecule has 2 heterocycles. The van der Waals surface area contributed by atoms with Gasteiger partial charge in [-0.05, 0) is 57.7 Å². The van der Waals surface area contributed by atoms with E-state index in [1.165, 1.54) is 0 Å². The van der Waals surface area contributed by atoms with E-state index < -0.39 is 10.4 Å². The molecule has 0 aliphatic carbocycles. The van der Waals surface area contributed by atoms with Gasteiger partial charge in [0.15, 0.2) is 0 Å². The lowest BCUT2D eigenvalue weighted by Gasteiger charge is -2.40. The molecule has 1 aromatic carbocycles. The first-order valence-corrected chi connectivity index (χ1v) is 10.6. The lowest BCUT2D eigenvalue weighted by molar-refractivity contribution is 0.0491. The highest BCUT2D eigenvalue weighted by Gasteiger charge is 2.28. The molecule has 2 aliphatic rings. The van der Waals surface area contributed by atoms with Gasteiger partial charge in [0.25, 0.3) is 0 Å². The molecule has 0 spiro atoms. The number of likely N-dealkylation sites (tertiary alicyclic amines) is 1. The molecule has 6 nitrogen and oxygen atoms in total. The zero-order valence-electron chi connectivity index (χ0n) is 15.8. The molecule has 0 N–H and O–H groups in total. The molecule has 1 aromatic rings. The van der Waals surface area contributed by atoms with Gasteiger partial charge in [0.2, 0.25) is 0 Å². The van der Waals surface area contributed by atoms with Crippen LogP contribution in [0.25, 0.3) is 0 Å². The molecule has 0 amide bonds. The number of rotatable bonds is 4. The minimum absolute atomic E-state index is 0.0482. The van der Waals surface area contributed by atoms with Crippen molar-refractivity contribution < 1.29 is 21.5 Å². The van der Waals surface area contributed by atoms with Crippen LogP contribution in [0.5, 0.6) is 5.75 Å². The average molecular weight is 384 g/mol. The second kappa shape index (κ2) is 7.84. The molecular weight excluding hydrogens is 354 g/mol. The monoisotopic (exact) mass is 383 g/mol. The van der Waals surface area contributed by atoms with Crippen molar-refractivity contribution in [2.24, 2.45) is 5.92 Å². The molecule has 0 unspecified atom stereocenters. The number of nitrogens with zero attached hydrogens (tertiary/aromatic N) is 1. The third-order valence-electron chi connectivity index (χ3n) is 5.04. The first-order chi connectivity index (χ1) is 12.2. The van der Waals surface area contributed by atoms with Crippen molar-refractivity contribution in [2.45, 2.75) is 51.7 Å². The zero-order valence-corrected chi connectivity index (χ0v) is 16.6. The normalized spacial score (nSPS) is 23.0. The smallest absolute Gasteiger partial charge is 0.399 e. The largest absolute Gasteiger partial charge is 0.490 e. The summed E-state index contributed by atoms with van der Waals surface area (Å²) < 4.78 is 37.8. The quantitative estimate of drug-likeness (QED) is 0.797. The van der Waals surface area contributed by atoms with Gasteiger partial charge in [-0.15, -0.1) is 0 Å². The predicted molar refractivity (Wildman–Crippen MR) is 99.4 cm³/mol. The van der Waals surface area contributed by atoms with Gasteiger partial charge >= 0.3 is 10.4 Å². The average Bonchev–Trinajstić information content (AvgIpc) is 2.58. The Morgan fingerprint density at radius 3 is 2.19 bits per heavy atom. The summed E-state index contributed by atoms with van der Waals surface area (Å²) in [6.07, 6.45) is 3.08. The van der Waals surface area contributed by atoms with Crippen LogP contribution in [0.15, 0.2) is 24.3 Å². The van der Waals surface area contributed by atoms with E-state index in [4.69, 9.17) is 13.1 Å². The number of piperidine rings is 1. The topological polar surface area (TPSA) is 65.1 Å². The minimum Gasteiger partial charge on any atom is -0.490 e. The summed E-state index contributed by atoms with van der Waals surface area (Å²) in [5, 5.41) is 0. The molecule has 0 atom stereocenters. The van der Waals surface area contributed by atoms with Crippen molar-refractivity contribution >= 4 is 10.4 Å². The van der Waals surface area contributed by atoms with E-state index >= 15 is 0 Å². The summed E-state index contributed by atoms with van der Waals surface area (Å²) in [6.45, 7) is 9.24. The molecule has 2 aliphatic heterocycles. The third kappa shape index (κ3) is 5.42. The van der Waals surface area contributed by atoms with E-state index in [2.05, 4.69) is 25.7 Å². The van der Waals surface area contributed by atoms with Crippen molar-refractivity contribution in [1.82, 2.24) is 4.90 Å². The zero-order chi connectivity index (χ0) is 18.8. The van der Waals surface area contributed by atoms with Crippen LogP contribution in [0, 0.1) is 5.92 Å². The fraction of sp³-hybridized carbons (Fsp3) is 0.684. The van der Waals surface area contributed by atoms with Crippen LogP contribution in [-0.2, 0) is 25.2 Å². The molecule has 0 radical (unpaired) electrons. The highest BCUT2D eigenvalue weighted by atomic mass is 32.3. The van der Waals surface area contributed by atoms with Gasteiger partial charge in [-0.25, -0.2) is 8.37 Å². The van der Waals surface area contributed by atoms with E-state index in [0.717, 1.165) is 43.7 Å². The van der Waals surface area contributed by atoms with Crippen LogP contribution >= 0.6 is 0 Å². The Morgan fingerprint density at radius 2 is 1.65 bits per heavy atom. The maximum atomic E-state index is 11.1. The number of hydrogen-bond acceptors (Lipinski definition) is 6. The van der Waals surface area contributed by atoms with Crippen molar-refractivity contribution in [3.05, 3.63) is 29.8 Å². The van der Waals surface area contributed by atoms with Gasteiger partial charge in [-0.1, -0.05) is 12.1 Å². The lowest BCUT2D eigenvalue weighted by atomic mass is 9.99. The van der Waals surface area contributed by atoms with E-state index in [9.17, 15) is 8.42 Å². The third-order valence-corrected chi connectivity index (χ3v) is 5.89. The van der Waals surface area contributed by atoms with Crippen molar-refractivity contribution in [3.8, 4) is 5.75 Å². The van der Waals surface area contributed by atoms with E-state index in [-0.39, 0.29) is 30.8 Å². The van der Waals surface area contributed by atoms with Crippen LogP contribution in [0.2, 0.25) is 0 Å². The molecule has 146 valence electrons. The maximum Gasteiger partial charge on any atom is 0.399 e. The van der Waals surface area contributed by atoms with Gasteiger partial charge in [-0.3, -0.25) is 4.90 Å². The first-order valence-electron chi connectivity index (χ1n) is 9.26. The van der Waals surface area contributed by atoms with Gasteiger partial charge in [0, 0.05) is 24.5 Å². The Morgan fingerprint density at radius 1 is 1.08 bits per heavy atom. The molecule has 7 heteroatoms. The SMILES string of the molecule is CC(C)(C)N1CCC(Oc2ccc(CC3COS(=O)(=O)OC3)cc2)CC1. The fourth-order valence-corrected chi connectivity index (χ4v) is 4.22. The molecule has 2 saturated heterocycles. The van der Waals surface area contributed by atoms with E-state index in [0.29, 0.717) is 0 Å². The lowest BCUT2D eigenvalue weighted by Crippen LogP contribution is -2.48. The predicted octanol–water partition coefficient (Wildman–Crippen LogP) is 2.78. The second-order valence-corrected chi connectivity index (χ2v) is 9.45. The summed E-state index contributed by atoms with van der Waals surface area (Å²) in [4.78, 5) is 2.50. The van der Waals surface area contributed by atoms with E-state index in [1.54, 1.807) is 0 Å². The fourth-order valence-electron chi connectivity index (χ4n) is 3.43. The Labute approximate surface area is 156 Å². The van der Waals surface area contributed by atoms with Gasteiger partial charge in [0.1, 0.15) is 11.9 Å². The van der Waals surface area contributed by atoms with Gasteiger partial charge in [0.05, 0.1) is 13.2 Å². The Balaban J connectivity index is 1.46. The minimum atomic E-state index is -3.77. The summed E-state index contributed by atoms with van der Waals surface area (Å²) in [5.41, 5.74) is 1.34. The number of ether oxygens (including phenoxy) is 1. The molecular formula is C19H29NO5S. The van der Waals surface area contributed by atoms with Crippen LogP contribution in [0.3, 0.4) is 0 Å². The number of hydrogen-bond donors (Lipinski definition) is 0. The molecule has 0 saturated carbocycles. The van der Waals surface area contributed by atoms with Crippen molar-refractivity contribution in [2.75, 3.05) is 26.3 Å². The van der Waals surface area contributed by atoms with Crippen molar-refractivity contribution in [1.29, 1.82) is 0 Å². The molecule has 0 aromatic heterocycles. The highest BCUT2D eigenvalue weighted by Crippen LogP contribution is 2.25. The van der Waals surface area contributed by atoms with Crippen molar-refractivity contribution in [3.63, 3.8) is 0 Å². The highest BCUT2D eigenvalue weighted by molar-refractivity contribution is 7.81. The molecule has 0 bridgehead atoms. The second-order valence-electron chi connectivity index (χ2n) is 8.17. The van der Waals surface area contributed by atoms with Crippen LogP contribution < -0.4 is 4.74 Å². The van der Waals surface area contributed by atoms with Gasteiger partial charge in [-0.2, -0.15) is 8.42 Å². The van der Waals surface area contributed by atoms with Gasteiger partial charge < -0.3 is 4.74 Å². The Hall–Kier alpha value is -1.15. The molecule has 2 fully saturated rings. The Bertz CT molecular complexity index is 674. The first kappa shape index (κ1) is 19.6. The van der Waals surface area contributed by atoms with Crippen LogP contribution in [-0.4, -0.2) is 51.3 Å². The molecule has 3 rings (SSSR count). The van der Waals surface area contributed by atoms with Crippen LogP contribution in [0.1, 0.15) is 39.2 Å². The summed E-state index contributed by atoms with van der Waals surface area (Å²) in [6, 6.07) is 8.05.